The maximum Gasteiger partial charge on any atom is 0.273 e. The zero-order valence-electron chi connectivity index (χ0n) is 14.9. The predicted octanol–water partition coefficient (Wildman–Crippen LogP) is 3.87. The van der Waals surface area contributed by atoms with Crippen LogP contribution in [0, 0.1) is 3.95 Å². The summed E-state index contributed by atoms with van der Waals surface area (Å²) in [6.07, 6.45) is 1.40. The molecule has 2 aromatic carbocycles. The van der Waals surface area contributed by atoms with E-state index in [1.807, 2.05) is 30.3 Å². The smallest absolute Gasteiger partial charge is 0.273 e. The van der Waals surface area contributed by atoms with Crippen LogP contribution in [-0.2, 0) is 6.54 Å². The summed E-state index contributed by atoms with van der Waals surface area (Å²) in [5.74, 6) is 0.576. The van der Waals surface area contributed by atoms with Crippen LogP contribution in [0.5, 0.6) is 5.75 Å². The molecule has 0 saturated heterocycles. The molecule has 0 aliphatic rings. The Labute approximate surface area is 169 Å². The van der Waals surface area contributed by atoms with Gasteiger partial charge in [-0.3, -0.25) is 18.7 Å². The molecule has 140 valence electrons. The second kappa shape index (κ2) is 7.49. The summed E-state index contributed by atoms with van der Waals surface area (Å²) in [6.45, 7) is -0.0705. The Morgan fingerprint density at radius 2 is 1.86 bits per heavy atom. The first-order valence-electron chi connectivity index (χ1n) is 8.42. The van der Waals surface area contributed by atoms with Crippen LogP contribution < -0.4 is 10.3 Å². The first-order chi connectivity index (χ1) is 13.6. The molecule has 0 fully saturated rings. The van der Waals surface area contributed by atoms with Crippen LogP contribution in [0.4, 0.5) is 0 Å². The third-order valence-electron chi connectivity index (χ3n) is 4.30. The highest BCUT2D eigenvalue weighted by atomic mass is 32.1. The fourth-order valence-electron chi connectivity index (χ4n) is 2.87. The van der Waals surface area contributed by atoms with E-state index in [0.717, 1.165) is 11.4 Å². The number of thiazole rings is 1. The van der Waals surface area contributed by atoms with Gasteiger partial charge in [0.05, 0.1) is 13.7 Å². The first kappa shape index (κ1) is 18.3. The van der Waals surface area contributed by atoms with Gasteiger partial charge in [-0.2, -0.15) is 0 Å². The Kier molecular flexibility index (Phi) is 4.89. The summed E-state index contributed by atoms with van der Waals surface area (Å²) in [5.41, 5.74) is 1.55. The number of hydrogen-bond acceptors (Lipinski definition) is 6. The molecular formula is C20H15N3O3S2. The zero-order chi connectivity index (χ0) is 19.7. The molecule has 4 aromatic rings. The summed E-state index contributed by atoms with van der Waals surface area (Å²) in [4.78, 5) is 29.7. The molecule has 0 amide bonds. The number of methoxy groups -OCH3 is 1. The molecule has 0 atom stereocenters. The minimum atomic E-state index is -0.280. The molecule has 0 N–H and O–H groups in total. The molecule has 0 unspecified atom stereocenters. The highest BCUT2D eigenvalue weighted by Gasteiger charge is 2.15. The van der Waals surface area contributed by atoms with E-state index in [0.29, 0.717) is 19.9 Å². The van der Waals surface area contributed by atoms with E-state index in [2.05, 4.69) is 4.98 Å². The second-order valence-electron chi connectivity index (χ2n) is 6.02. The SMILES string of the molecule is COc1ccc(-n2c(=S)sc3c(=O)n(CC(=O)c4ccccc4)cnc32)cc1. The van der Waals surface area contributed by atoms with Crippen LogP contribution >= 0.6 is 23.6 Å². The number of carbonyl (C=O) groups excluding carboxylic acids is 1. The summed E-state index contributed by atoms with van der Waals surface area (Å²) < 4.78 is 9.18. The molecule has 6 nitrogen and oxygen atoms in total. The quantitative estimate of drug-likeness (QED) is 0.370. The average Bonchev–Trinajstić information content (AvgIpc) is 3.07. The van der Waals surface area contributed by atoms with Gasteiger partial charge in [0.2, 0.25) is 0 Å². The van der Waals surface area contributed by atoms with Gasteiger partial charge < -0.3 is 4.74 Å². The van der Waals surface area contributed by atoms with Crippen molar-refractivity contribution in [1.82, 2.24) is 14.1 Å². The van der Waals surface area contributed by atoms with Crippen LogP contribution in [0.15, 0.2) is 65.7 Å². The van der Waals surface area contributed by atoms with Gasteiger partial charge in [0.1, 0.15) is 16.8 Å². The van der Waals surface area contributed by atoms with Crippen molar-refractivity contribution in [2.24, 2.45) is 0 Å². The van der Waals surface area contributed by atoms with Gasteiger partial charge >= 0.3 is 0 Å². The van der Waals surface area contributed by atoms with E-state index in [1.54, 1.807) is 35.9 Å². The summed E-state index contributed by atoms with van der Waals surface area (Å²) in [5, 5.41) is 0. The van der Waals surface area contributed by atoms with Gasteiger partial charge in [-0.25, -0.2) is 4.98 Å². The molecule has 28 heavy (non-hydrogen) atoms. The number of rotatable bonds is 5. The van der Waals surface area contributed by atoms with Gasteiger partial charge in [-0.15, -0.1) is 0 Å². The third kappa shape index (κ3) is 3.28. The number of aromatic nitrogens is 3. The van der Waals surface area contributed by atoms with Crippen molar-refractivity contribution in [2.45, 2.75) is 6.54 Å². The lowest BCUT2D eigenvalue weighted by Gasteiger charge is -2.07. The number of ketones is 1. The van der Waals surface area contributed by atoms with E-state index in [9.17, 15) is 9.59 Å². The number of carbonyl (C=O) groups is 1. The number of ether oxygens (including phenoxy) is 1. The fourth-order valence-corrected chi connectivity index (χ4v) is 4.21. The van der Waals surface area contributed by atoms with E-state index >= 15 is 0 Å². The van der Waals surface area contributed by atoms with Crippen LogP contribution in [0.3, 0.4) is 0 Å². The lowest BCUT2D eigenvalue weighted by Crippen LogP contribution is -2.24. The Bertz CT molecular complexity index is 1270. The lowest BCUT2D eigenvalue weighted by atomic mass is 10.1. The molecule has 2 aromatic heterocycles. The van der Waals surface area contributed by atoms with Gasteiger partial charge in [-0.05, 0) is 36.5 Å². The summed E-state index contributed by atoms with van der Waals surface area (Å²) in [7, 11) is 1.60. The van der Waals surface area contributed by atoms with Crippen LogP contribution in [0.25, 0.3) is 16.0 Å². The third-order valence-corrected chi connectivity index (χ3v) is 5.65. The molecule has 8 heteroatoms. The largest absolute Gasteiger partial charge is 0.497 e. The van der Waals surface area contributed by atoms with Crippen molar-refractivity contribution in [1.29, 1.82) is 0 Å². The van der Waals surface area contributed by atoms with E-state index in [4.69, 9.17) is 17.0 Å². The molecule has 0 saturated carbocycles. The van der Waals surface area contributed by atoms with E-state index < -0.39 is 0 Å². The normalized spacial score (nSPS) is 10.9. The molecular weight excluding hydrogens is 394 g/mol. The number of benzene rings is 2. The number of fused-ring (bicyclic) bond motifs is 1. The molecule has 0 aliphatic carbocycles. The van der Waals surface area contributed by atoms with Crippen LogP contribution in [-0.4, -0.2) is 27.0 Å². The molecule has 0 radical (unpaired) electrons. The topological polar surface area (TPSA) is 66.1 Å². The maximum absolute atomic E-state index is 12.9. The van der Waals surface area contributed by atoms with E-state index in [-0.39, 0.29) is 17.9 Å². The lowest BCUT2D eigenvalue weighted by molar-refractivity contribution is 0.0970. The maximum atomic E-state index is 12.9. The van der Waals surface area contributed by atoms with Gasteiger partial charge in [0.15, 0.2) is 15.4 Å². The van der Waals surface area contributed by atoms with Crippen molar-refractivity contribution in [2.75, 3.05) is 7.11 Å². The molecule has 0 aliphatic heterocycles. The summed E-state index contributed by atoms with van der Waals surface area (Å²) >= 11 is 6.65. The molecule has 0 spiro atoms. The fraction of sp³-hybridized carbons (Fsp3) is 0.100. The van der Waals surface area contributed by atoms with Crippen LogP contribution in [0.1, 0.15) is 10.4 Å². The average molecular weight is 409 g/mol. The first-order valence-corrected chi connectivity index (χ1v) is 9.64. The Balaban J connectivity index is 1.75. The van der Waals surface area contributed by atoms with Crippen molar-refractivity contribution in [3.8, 4) is 11.4 Å². The van der Waals surface area contributed by atoms with Crippen LogP contribution in [0.2, 0.25) is 0 Å². The van der Waals surface area contributed by atoms with Crippen molar-refractivity contribution in [3.05, 3.63) is 80.8 Å². The zero-order valence-corrected chi connectivity index (χ0v) is 16.5. The monoisotopic (exact) mass is 409 g/mol. The Morgan fingerprint density at radius 1 is 1.14 bits per heavy atom. The number of nitrogens with zero attached hydrogens (tertiary/aromatic N) is 3. The minimum absolute atomic E-state index is 0.0705. The Morgan fingerprint density at radius 3 is 2.54 bits per heavy atom. The molecule has 0 bridgehead atoms. The molecule has 4 rings (SSSR count). The highest BCUT2D eigenvalue weighted by molar-refractivity contribution is 7.73. The molecule has 2 heterocycles. The van der Waals surface area contributed by atoms with Gasteiger partial charge in [0.25, 0.3) is 5.56 Å². The minimum Gasteiger partial charge on any atom is -0.497 e. The van der Waals surface area contributed by atoms with Crippen molar-refractivity contribution < 1.29 is 9.53 Å². The summed E-state index contributed by atoms with van der Waals surface area (Å²) in [6, 6.07) is 16.2. The number of hydrogen-bond donors (Lipinski definition) is 0. The standard InChI is InChI=1S/C20H15N3O3S2/c1-26-15-9-7-14(8-10-15)23-18-17(28-20(23)27)19(25)22(12-21-18)11-16(24)13-5-3-2-4-6-13/h2-10,12H,11H2,1H3. The predicted molar refractivity (Wildman–Crippen MR) is 111 cm³/mol. The Hall–Kier alpha value is -3.10. The highest BCUT2D eigenvalue weighted by Crippen LogP contribution is 2.24. The van der Waals surface area contributed by atoms with Gasteiger partial charge in [-0.1, -0.05) is 41.7 Å². The van der Waals surface area contributed by atoms with Crippen molar-refractivity contribution >= 4 is 39.7 Å². The number of Topliss-reactive ketones (excluding diaryl/α,β-unsaturated/α-hetero) is 1. The van der Waals surface area contributed by atoms with E-state index in [1.165, 1.54) is 22.2 Å². The van der Waals surface area contributed by atoms with Crippen molar-refractivity contribution in [3.63, 3.8) is 0 Å². The van der Waals surface area contributed by atoms with Gasteiger partial charge in [0, 0.05) is 11.3 Å². The second-order valence-corrected chi connectivity index (χ2v) is 7.67.